The molecule has 6 nitrogen and oxygen atoms in total. The van der Waals surface area contributed by atoms with Gasteiger partial charge in [-0.2, -0.15) is 0 Å². The lowest BCUT2D eigenvalue weighted by Gasteiger charge is -2.12. The Bertz CT molecular complexity index is 314. The molecular formula is C11H19N3O3. The van der Waals surface area contributed by atoms with Crippen molar-refractivity contribution in [2.75, 3.05) is 20.3 Å². The molecule has 0 spiro atoms. The second-order valence-corrected chi connectivity index (χ2v) is 3.72. The van der Waals surface area contributed by atoms with Gasteiger partial charge in [-0.15, -0.1) is 0 Å². The number of nitrogens with zero attached hydrogens (tertiary/aromatic N) is 1. The van der Waals surface area contributed by atoms with Crippen molar-refractivity contribution in [3.63, 3.8) is 0 Å². The van der Waals surface area contributed by atoms with Gasteiger partial charge in [-0.25, -0.2) is 0 Å². The maximum Gasteiger partial charge on any atom is 0.236 e. The van der Waals surface area contributed by atoms with Crippen LogP contribution in [0.15, 0.2) is 16.8 Å². The van der Waals surface area contributed by atoms with Crippen molar-refractivity contribution in [1.29, 1.82) is 0 Å². The molecule has 1 rings (SSSR count). The van der Waals surface area contributed by atoms with Gasteiger partial charge < -0.3 is 14.6 Å². The first kappa shape index (κ1) is 13.7. The topological polar surface area (TPSA) is 76.4 Å². The van der Waals surface area contributed by atoms with Gasteiger partial charge in [-0.1, -0.05) is 5.16 Å². The monoisotopic (exact) mass is 241 g/mol. The highest BCUT2D eigenvalue weighted by Crippen LogP contribution is 1.96. The minimum absolute atomic E-state index is 0.0272. The second-order valence-electron chi connectivity index (χ2n) is 3.72. The zero-order valence-electron chi connectivity index (χ0n) is 10.2. The minimum atomic E-state index is -0.261. The Labute approximate surface area is 101 Å². The summed E-state index contributed by atoms with van der Waals surface area (Å²) < 4.78 is 9.81. The lowest BCUT2D eigenvalue weighted by atomic mass is 10.3. The molecule has 17 heavy (non-hydrogen) atoms. The average Bonchev–Trinajstić information content (AvgIpc) is 2.84. The number of carbonyl (C=O) groups excluding carboxylic acids is 1. The molecule has 96 valence electrons. The van der Waals surface area contributed by atoms with Gasteiger partial charge in [-0.05, 0) is 13.3 Å². The van der Waals surface area contributed by atoms with E-state index in [1.165, 1.54) is 0 Å². The maximum absolute atomic E-state index is 11.6. The smallest absolute Gasteiger partial charge is 0.236 e. The highest BCUT2D eigenvalue weighted by molar-refractivity contribution is 5.81. The fraction of sp³-hybridized carbons (Fsp3) is 0.636. The normalized spacial score (nSPS) is 12.4. The van der Waals surface area contributed by atoms with Gasteiger partial charge in [0.2, 0.25) is 5.91 Å². The molecule has 0 fully saturated rings. The van der Waals surface area contributed by atoms with Crippen LogP contribution in [0.25, 0.3) is 0 Å². The Morgan fingerprint density at radius 3 is 3.12 bits per heavy atom. The Kier molecular flexibility index (Phi) is 6.27. The summed E-state index contributed by atoms with van der Waals surface area (Å²) >= 11 is 0. The fourth-order valence-corrected chi connectivity index (χ4v) is 1.26. The molecule has 1 aromatic rings. The number of hydrogen-bond acceptors (Lipinski definition) is 5. The summed E-state index contributed by atoms with van der Waals surface area (Å²) in [5.74, 6) is 0.685. The third kappa shape index (κ3) is 5.46. The van der Waals surface area contributed by atoms with Crippen molar-refractivity contribution in [2.45, 2.75) is 25.9 Å². The zero-order chi connectivity index (χ0) is 12.5. The van der Waals surface area contributed by atoms with Crippen molar-refractivity contribution in [3.8, 4) is 0 Å². The second kappa shape index (κ2) is 7.81. The van der Waals surface area contributed by atoms with Crippen LogP contribution in [-0.2, 0) is 16.1 Å². The molecule has 6 heteroatoms. The summed E-state index contributed by atoms with van der Waals surface area (Å²) in [6, 6.07) is 1.50. The molecule has 1 aromatic heterocycles. The van der Waals surface area contributed by atoms with Crippen LogP contribution in [-0.4, -0.2) is 37.4 Å². The Morgan fingerprint density at radius 1 is 1.65 bits per heavy atom. The summed E-state index contributed by atoms with van der Waals surface area (Å²) in [6.45, 7) is 3.58. The molecule has 1 unspecified atom stereocenters. The summed E-state index contributed by atoms with van der Waals surface area (Å²) in [4.78, 5) is 11.6. The van der Waals surface area contributed by atoms with Gasteiger partial charge in [0.25, 0.3) is 0 Å². The molecule has 0 saturated heterocycles. The van der Waals surface area contributed by atoms with Gasteiger partial charge in [0.15, 0.2) is 0 Å². The number of aromatic nitrogens is 1. The molecule has 0 bridgehead atoms. The standard InChI is InChI=1S/C11H19N3O3/c1-9(11(15)12-5-3-7-16-2)13-8-10-4-6-14-17-10/h4,6,9,13H,3,5,7-8H2,1-2H3,(H,12,15). The van der Waals surface area contributed by atoms with Crippen LogP contribution in [0.3, 0.4) is 0 Å². The summed E-state index contributed by atoms with van der Waals surface area (Å²) in [5, 5.41) is 9.45. The van der Waals surface area contributed by atoms with Crippen LogP contribution in [0, 0.1) is 0 Å². The SMILES string of the molecule is COCCCNC(=O)C(C)NCc1ccno1. The molecule has 2 N–H and O–H groups in total. The van der Waals surface area contributed by atoms with Gasteiger partial charge in [0.1, 0.15) is 5.76 Å². The summed E-state index contributed by atoms with van der Waals surface area (Å²) in [7, 11) is 1.64. The summed E-state index contributed by atoms with van der Waals surface area (Å²) in [6.07, 6.45) is 2.39. The Balaban J connectivity index is 2.13. The number of methoxy groups -OCH3 is 1. The van der Waals surface area contributed by atoms with Crippen LogP contribution in [0.2, 0.25) is 0 Å². The molecular weight excluding hydrogens is 222 g/mol. The van der Waals surface area contributed by atoms with Gasteiger partial charge in [0, 0.05) is 26.3 Å². The fourth-order valence-electron chi connectivity index (χ4n) is 1.26. The zero-order valence-corrected chi connectivity index (χ0v) is 10.2. The van der Waals surface area contributed by atoms with Crippen molar-refractivity contribution < 1.29 is 14.1 Å². The highest BCUT2D eigenvalue weighted by Gasteiger charge is 2.11. The molecule has 0 aliphatic carbocycles. The molecule has 0 aliphatic heterocycles. The highest BCUT2D eigenvalue weighted by atomic mass is 16.5. The van der Waals surface area contributed by atoms with Crippen molar-refractivity contribution in [2.24, 2.45) is 0 Å². The lowest BCUT2D eigenvalue weighted by Crippen LogP contribution is -2.42. The Morgan fingerprint density at radius 2 is 2.47 bits per heavy atom. The number of carbonyl (C=O) groups is 1. The summed E-state index contributed by atoms with van der Waals surface area (Å²) in [5.41, 5.74) is 0. The van der Waals surface area contributed by atoms with Gasteiger partial charge in [0.05, 0.1) is 18.8 Å². The van der Waals surface area contributed by atoms with Crippen molar-refractivity contribution in [1.82, 2.24) is 15.8 Å². The van der Waals surface area contributed by atoms with E-state index in [0.717, 1.165) is 6.42 Å². The number of amides is 1. The molecule has 1 atom stereocenters. The van der Waals surface area contributed by atoms with E-state index < -0.39 is 0 Å². The number of nitrogens with one attached hydrogen (secondary N) is 2. The third-order valence-corrected chi connectivity index (χ3v) is 2.29. The molecule has 0 aromatic carbocycles. The predicted octanol–water partition coefficient (Wildman–Crippen LogP) is 0.305. The van der Waals surface area contributed by atoms with E-state index in [9.17, 15) is 4.79 Å². The van der Waals surface area contributed by atoms with Gasteiger partial charge >= 0.3 is 0 Å². The van der Waals surface area contributed by atoms with E-state index in [0.29, 0.717) is 25.5 Å². The molecule has 0 saturated carbocycles. The largest absolute Gasteiger partial charge is 0.385 e. The minimum Gasteiger partial charge on any atom is -0.385 e. The first-order chi connectivity index (χ1) is 8.24. The van der Waals surface area contributed by atoms with E-state index in [4.69, 9.17) is 9.26 Å². The van der Waals surface area contributed by atoms with Crippen LogP contribution in [0.1, 0.15) is 19.1 Å². The first-order valence-electron chi connectivity index (χ1n) is 5.63. The quantitative estimate of drug-likeness (QED) is 0.640. The van der Waals surface area contributed by atoms with Crippen molar-refractivity contribution in [3.05, 3.63) is 18.0 Å². The van der Waals surface area contributed by atoms with Crippen LogP contribution >= 0.6 is 0 Å². The average molecular weight is 241 g/mol. The lowest BCUT2D eigenvalue weighted by molar-refractivity contribution is -0.122. The van der Waals surface area contributed by atoms with E-state index in [-0.39, 0.29) is 11.9 Å². The number of rotatable bonds is 8. The molecule has 0 radical (unpaired) electrons. The van der Waals surface area contributed by atoms with E-state index in [1.807, 2.05) is 6.92 Å². The van der Waals surface area contributed by atoms with E-state index in [2.05, 4.69) is 15.8 Å². The Hall–Kier alpha value is -1.40. The third-order valence-electron chi connectivity index (χ3n) is 2.29. The van der Waals surface area contributed by atoms with Gasteiger partial charge in [-0.3, -0.25) is 10.1 Å². The van der Waals surface area contributed by atoms with Crippen molar-refractivity contribution >= 4 is 5.91 Å². The van der Waals surface area contributed by atoms with Crippen LogP contribution < -0.4 is 10.6 Å². The number of ether oxygens (including phenoxy) is 1. The predicted molar refractivity (Wildman–Crippen MR) is 62.3 cm³/mol. The first-order valence-corrected chi connectivity index (χ1v) is 5.63. The molecule has 1 amide bonds. The van der Waals surface area contributed by atoms with E-state index in [1.54, 1.807) is 19.4 Å². The molecule has 0 aliphatic rings. The van der Waals surface area contributed by atoms with E-state index >= 15 is 0 Å². The number of hydrogen-bond donors (Lipinski definition) is 2. The van der Waals surface area contributed by atoms with Crippen LogP contribution in [0.5, 0.6) is 0 Å². The van der Waals surface area contributed by atoms with Crippen LogP contribution in [0.4, 0.5) is 0 Å². The maximum atomic E-state index is 11.6. The molecule has 1 heterocycles.